The molecule has 0 bridgehead atoms. The van der Waals surface area contributed by atoms with Gasteiger partial charge >= 0.3 is 0 Å². The second kappa shape index (κ2) is 9.43. The van der Waals surface area contributed by atoms with E-state index in [0.717, 1.165) is 16.8 Å². The topological polar surface area (TPSA) is 91.8 Å². The van der Waals surface area contributed by atoms with Gasteiger partial charge in [0.25, 0.3) is 0 Å². The molecule has 0 aliphatic heterocycles. The lowest BCUT2D eigenvalue weighted by Gasteiger charge is -2.13. The van der Waals surface area contributed by atoms with Crippen LogP contribution in [0.2, 0.25) is 0 Å². The molecule has 9 heteroatoms. The summed E-state index contributed by atoms with van der Waals surface area (Å²) in [5.74, 6) is 1.48. The number of rotatable bonds is 5. The fraction of sp³-hybridized carbons (Fsp3) is 0.211. The predicted molar refractivity (Wildman–Crippen MR) is 114 cm³/mol. The van der Waals surface area contributed by atoms with E-state index in [1.165, 1.54) is 7.11 Å². The summed E-state index contributed by atoms with van der Waals surface area (Å²) in [5, 5.41) is 10.1. The van der Waals surface area contributed by atoms with Gasteiger partial charge in [-0.15, -0.1) is 24.8 Å². The number of hydrogen-bond acceptors (Lipinski definition) is 6. The van der Waals surface area contributed by atoms with Gasteiger partial charge in [-0.2, -0.15) is 0 Å². The normalized spacial score (nSPS) is 9.86. The predicted octanol–water partition coefficient (Wildman–Crippen LogP) is 3.91. The number of aryl methyl sites for hydroxylation is 1. The van der Waals surface area contributed by atoms with Crippen LogP contribution in [0.5, 0.6) is 23.0 Å². The van der Waals surface area contributed by atoms with Crippen molar-refractivity contribution in [2.75, 3.05) is 27.1 Å². The van der Waals surface area contributed by atoms with Crippen molar-refractivity contribution >= 4 is 30.5 Å². The van der Waals surface area contributed by atoms with E-state index in [4.69, 9.17) is 19.9 Å². The first-order chi connectivity index (χ1) is 12.5. The maximum atomic E-state index is 10.1. The van der Waals surface area contributed by atoms with Crippen LogP contribution < -0.4 is 19.9 Å². The number of aromatic nitrogens is 2. The van der Waals surface area contributed by atoms with Crippen LogP contribution in [0.4, 0.5) is 5.69 Å². The monoisotopic (exact) mass is 427 g/mol. The highest BCUT2D eigenvalue weighted by atomic mass is 35.5. The first-order valence-corrected chi connectivity index (χ1v) is 7.90. The number of nitrogens with two attached hydrogens (primary N) is 1. The standard InChI is InChI=1S/C19H21N3O4.2ClH/c1-22-10-21-17(12-7-13(20)19(26-4)16(9-12)25-3)18(22)11-5-6-15(24-2)14(23)8-11;;/h5-10,23H,20H2,1-4H3;2*1H. The molecule has 0 spiro atoms. The summed E-state index contributed by atoms with van der Waals surface area (Å²) in [6.07, 6.45) is 1.71. The summed E-state index contributed by atoms with van der Waals surface area (Å²) in [6, 6.07) is 8.83. The minimum Gasteiger partial charge on any atom is -0.504 e. The van der Waals surface area contributed by atoms with Gasteiger partial charge in [0.1, 0.15) is 0 Å². The average Bonchev–Trinajstić information content (AvgIpc) is 3.02. The molecule has 152 valence electrons. The summed E-state index contributed by atoms with van der Waals surface area (Å²) in [6.45, 7) is 0. The van der Waals surface area contributed by atoms with Crippen LogP contribution in [-0.2, 0) is 7.05 Å². The van der Waals surface area contributed by atoms with Crippen molar-refractivity contribution in [1.29, 1.82) is 0 Å². The van der Waals surface area contributed by atoms with E-state index >= 15 is 0 Å². The molecule has 7 nitrogen and oxygen atoms in total. The molecule has 1 heterocycles. The Bertz CT molecular complexity index is 961. The Labute approximate surface area is 175 Å². The first-order valence-electron chi connectivity index (χ1n) is 7.90. The number of aromatic hydroxyl groups is 1. The fourth-order valence-corrected chi connectivity index (χ4v) is 2.95. The average molecular weight is 428 g/mol. The van der Waals surface area contributed by atoms with E-state index in [-0.39, 0.29) is 30.6 Å². The SMILES string of the molecule is COc1ccc(-c2c(-c3cc(N)c(OC)c(OC)c3)ncn2C)cc1O.Cl.Cl. The Morgan fingerprint density at radius 3 is 2.18 bits per heavy atom. The number of phenolic OH excluding ortho intramolecular Hbond substituents is 1. The lowest BCUT2D eigenvalue weighted by molar-refractivity contribution is 0.356. The van der Waals surface area contributed by atoms with Gasteiger partial charge in [0, 0.05) is 18.2 Å². The molecule has 3 aromatic rings. The Balaban J connectivity index is 0.00000196. The van der Waals surface area contributed by atoms with Gasteiger partial charge in [0.2, 0.25) is 0 Å². The number of phenols is 1. The van der Waals surface area contributed by atoms with Gasteiger partial charge in [-0.05, 0) is 30.3 Å². The third kappa shape index (κ3) is 4.05. The molecule has 2 aromatic carbocycles. The molecule has 28 heavy (non-hydrogen) atoms. The van der Waals surface area contributed by atoms with Crippen molar-refractivity contribution in [3.8, 4) is 45.5 Å². The fourth-order valence-electron chi connectivity index (χ4n) is 2.95. The Hall–Kier alpha value is -2.77. The minimum atomic E-state index is 0. The first kappa shape index (κ1) is 23.3. The number of methoxy groups -OCH3 is 3. The van der Waals surface area contributed by atoms with Gasteiger partial charge in [0.05, 0.1) is 44.7 Å². The highest BCUT2D eigenvalue weighted by Crippen LogP contribution is 2.41. The number of halogens is 2. The number of anilines is 1. The smallest absolute Gasteiger partial charge is 0.183 e. The summed E-state index contributed by atoms with van der Waals surface area (Å²) in [7, 11) is 6.50. The number of nitrogen functional groups attached to an aromatic ring is 1. The zero-order valence-corrected chi connectivity index (χ0v) is 17.6. The summed E-state index contributed by atoms with van der Waals surface area (Å²) >= 11 is 0. The Morgan fingerprint density at radius 1 is 0.929 bits per heavy atom. The van der Waals surface area contributed by atoms with Crippen LogP contribution in [-0.4, -0.2) is 36.0 Å². The number of imidazole rings is 1. The van der Waals surface area contributed by atoms with Crippen molar-refractivity contribution in [3.63, 3.8) is 0 Å². The molecule has 0 fully saturated rings. The van der Waals surface area contributed by atoms with Gasteiger partial charge in [-0.25, -0.2) is 4.98 Å². The van der Waals surface area contributed by atoms with E-state index in [9.17, 15) is 5.11 Å². The summed E-state index contributed by atoms with van der Waals surface area (Å²) < 4.78 is 17.7. The van der Waals surface area contributed by atoms with Crippen LogP contribution in [0, 0.1) is 0 Å². The maximum Gasteiger partial charge on any atom is 0.183 e. The number of benzene rings is 2. The third-order valence-corrected chi connectivity index (χ3v) is 4.17. The quantitative estimate of drug-likeness (QED) is 0.599. The lowest BCUT2D eigenvalue weighted by atomic mass is 10.0. The van der Waals surface area contributed by atoms with Crippen molar-refractivity contribution in [2.45, 2.75) is 0 Å². The van der Waals surface area contributed by atoms with E-state index < -0.39 is 0 Å². The number of hydrogen-bond donors (Lipinski definition) is 2. The van der Waals surface area contributed by atoms with Crippen LogP contribution in [0.1, 0.15) is 0 Å². The molecule has 0 unspecified atom stereocenters. The molecule has 3 rings (SSSR count). The molecule has 0 atom stereocenters. The highest BCUT2D eigenvalue weighted by molar-refractivity contribution is 5.86. The van der Waals surface area contributed by atoms with Crippen molar-refractivity contribution in [2.24, 2.45) is 7.05 Å². The molecular weight excluding hydrogens is 405 g/mol. The van der Waals surface area contributed by atoms with Gasteiger partial charge in [-0.1, -0.05) is 0 Å². The van der Waals surface area contributed by atoms with Crippen LogP contribution in [0.15, 0.2) is 36.7 Å². The lowest BCUT2D eigenvalue weighted by Crippen LogP contribution is -1.98. The zero-order chi connectivity index (χ0) is 18.8. The minimum absolute atomic E-state index is 0. The Morgan fingerprint density at radius 2 is 1.61 bits per heavy atom. The second-order valence-electron chi connectivity index (χ2n) is 5.74. The van der Waals surface area contributed by atoms with Gasteiger partial charge in [-0.3, -0.25) is 0 Å². The Kier molecular flexibility index (Phi) is 7.84. The third-order valence-electron chi connectivity index (χ3n) is 4.17. The van der Waals surface area contributed by atoms with E-state index in [1.807, 2.05) is 23.7 Å². The van der Waals surface area contributed by atoms with E-state index in [1.54, 1.807) is 38.7 Å². The molecule has 0 radical (unpaired) electrons. The highest BCUT2D eigenvalue weighted by Gasteiger charge is 2.18. The van der Waals surface area contributed by atoms with Crippen molar-refractivity contribution in [1.82, 2.24) is 9.55 Å². The molecule has 3 N–H and O–H groups in total. The molecule has 0 aliphatic carbocycles. The molecule has 0 aliphatic rings. The van der Waals surface area contributed by atoms with Gasteiger partial charge < -0.3 is 29.6 Å². The molecular formula is C19H23Cl2N3O4. The largest absolute Gasteiger partial charge is 0.504 e. The zero-order valence-electron chi connectivity index (χ0n) is 15.9. The van der Waals surface area contributed by atoms with Crippen LogP contribution >= 0.6 is 24.8 Å². The van der Waals surface area contributed by atoms with Crippen LogP contribution in [0.25, 0.3) is 22.5 Å². The van der Waals surface area contributed by atoms with Crippen LogP contribution in [0.3, 0.4) is 0 Å². The van der Waals surface area contributed by atoms with Crippen molar-refractivity contribution < 1.29 is 19.3 Å². The number of nitrogens with zero attached hydrogens (tertiary/aromatic N) is 2. The summed E-state index contributed by atoms with van der Waals surface area (Å²) in [5.41, 5.74) is 9.68. The van der Waals surface area contributed by atoms with E-state index in [2.05, 4.69) is 4.98 Å². The van der Waals surface area contributed by atoms with Crippen molar-refractivity contribution in [3.05, 3.63) is 36.7 Å². The van der Waals surface area contributed by atoms with E-state index in [0.29, 0.717) is 28.6 Å². The molecule has 1 aromatic heterocycles. The molecule has 0 saturated carbocycles. The molecule has 0 amide bonds. The summed E-state index contributed by atoms with van der Waals surface area (Å²) in [4.78, 5) is 4.50. The molecule has 0 saturated heterocycles. The maximum absolute atomic E-state index is 10.1. The number of ether oxygens (including phenoxy) is 3. The second-order valence-corrected chi connectivity index (χ2v) is 5.74. The van der Waals surface area contributed by atoms with Gasteiger partial charge in [0.15, 0.2) is 23.0 Å².